The van der Waals surface area contributed by atoms with Gasteiger partial charge in [0.15, 0.2) is 0 Å². The van der Waals surface area contributed by atoms with Gasteiger partial charge in [-0.05, 0) is 43.2 Å². The largest absolute Gasteiger partial charge is 0.304 e. The highest BCUT2D eigenvalue weighted by atomic mass is 19.1. The maximum atomic E-state index is 13.8. The fourth-order valence-corrected chi connectivity index (χ4v) is 2.18. The van der Waals surface area contributed by atoms with Crippen LogP contribution in [0.2, 0.25) is 0 Å². The van der Waals surface area contributed by atoms with Gasteiger partial charge in [-0.25, -0.2) is 8.78 Å². The van der Waals surface area contributed by atoms with E-state index in [4.69, 9.17) is 0 Å². The Morgan fingerprint density at radius 2 is 2.05 bits per heavy atom. The minimum absolute atomic E-state index is 0.230. The molecule has 0 bridgehead atoms. The molecule has 0 radical (unpaired) electrons. The van der Waals surface area contributed by atoms with Crippen LogP contribution in [0, 0.1) is 18.6 Å². The first-order valence-electron chi connectivity index (χ1n) is 6.70. The van der Waals surface area contributed by atoms with Gasteiger partial charge in [-0.15, -0.1) is 0 Å². The number of nitrogens with zero attached hydrogens (tertiary/aromatic N) is 1. The highest BCUT2D eigenvalue weighted by molar-refractivity contribution is 5.23. The molecule has 2 aromatic rings. The van der Waals surface area contributed by atoms with Crippen LogP contribution in [0.5, 0.6) is 0 Å². The summed E-state index contributed by atoms with van der Waals surface area (Å²) in [5.41, 5.74) is 2.36. The number of hydrogen-bond donors (Lipinski definition) is 1. The third kappa shape index (κ3) is 3.39. The average molecular weight is 276 g/mol. The van der Waals surface area contributed by atoms with E-state index in [1.807, 2.05) is 26.0 Å². The summed E-state index contributed by atoms with van der Waals surface area (Å²) in [4.78, 5) is 4.29. The predicted molar refractivity (Wildman–Crippen MR) is 75.2 cm³/mol. The lowest BCUT2D eigenvalue weighted by Gasteiger charge is -2.18. The molecule has 0 fully saturated rings. The van der Waals surface area contributed by atoms with E-state index >= 15 is 0 Å². The minimum atomic E-state index is -0.421. The van der Waals surface area contributed by atoms with Crippen molar-refractivity contribution in [3.05, 3.63) is 65.0 Å². The van der Waals surface area contributed by atoms with E-state index < -0.39 is 5.82 Å². The quantitative estimate of drug-likeness (QED) is 0.895. The van der Waals surface area contributed by atoms with Crippen molar-refractivity contribution in [1.82, 2.24) is 10.3 Å². The molecular weight excluding hydrogens is 258 g/mol. The zero-order chi connectivity index (χ0) is 14.5. The van der Waals surface area contributed by atoms with Crippen molar-refractivity contribution < 1.29 is 8.78 Å². The van der Waals surface area contributed by atoms with Crippen LogP contribution in [0.25, 0.3) is 0 Å². The van der Waals surface area contributed by atoms with Gasteiger partial charge in [-0.3, -0.25) is 4.98 Å². The molecule has 1 heterocycles. The van der Waals surface area contributed by atoms with E-state index in [2.05, 4.69) is 10.3 Å². The molecule has 4 heteroatoms. The molecule has 1 N–H and O–H groups in total. The monoisotopic (exact) mass is 276 g/mol. The minimum Gasteiger partial charge on any atom is -0.304 e. The second-order valence-electron chi connectivity index (χ2n) is 4.77. The second-order valence-corrected chi connectivity index (χ2v) is 4.77. The van der Waals surface area contributed by atoms with Crippen molar-refractivity contribution in [2.45, 2.75) is 32.9 Å². The standard InChI is InChI=1S/C16H18F2N2/c1-3-15(13-9-12(17)6-7-14(13)18)20-10-16-11(2)5-4-8-19-16/h4-9,15,20H,3,10H2,1-2H3. The van der Waals surface area contributed by atoms with Gasteiger partial charge >= 0.3 is 0 Å². The maximum Gasteiger partial charge on any atom is 0.128 e. The topological polar surface area (TPSA) is 24.9 Å². The Hall–Kier alpha value is -1.81. The predicted octanol–water partition coefficient (Wildman–Crippen LogP) is 3.91. The number of pyridine rings is 1. The summed E-state index contributed by atoms with van der Waals surface area (Å²) in [5, 5.41) is 3.24. The summed E-state index contributed by atoms with van der Waals surface area (Å²) in [6.07, 6.45) is 2.40. The van der Waals surface area contributed by atoms with Crippen molar-refractivity contribution in [1.29, 1.82) is 0 Å². The fourth-order valence-electron chi connectivity index (χ4n) is 2.18. The summed E-state index contributed by atoms with van der Waals surface area (Å²) in [6.45, 7) is 4.45. The fraction of sp³-hybridized carbons (Fsp3) is 0.312. The average Bonchev–Trinajstić information content (AvgIpc) is 2.45. The van der Waals surface area contributed by atoms with E-state index in [9.17, 15) is 8.78 Å². The number of rotatable bonds is 5. The normalized spacial score (nSPS) is 12.4. The van der Waals surface area contributed by atoms with Gasteiger partial charge < -0.3 is 5.32 Å². The van der Waals surface area contributed by atoms with Crippen molar-refractivity contribution in [2.24, 2.45) is 0 Å². The zero-order valence-corrected chi connectivity index (χ0v) is 11.7. The Morgan fingerprint density at radius 3 is 2.75 bits per heavy atom. The highest BCUT2D eigenvalue weighted by Crippen LogP contribution is 2.21. The van der Waals surface area contributed by atoms with Crippen molar-refractivity contribution in [2.75, 3.05) is 0 Å². The van der Waals surface area contributed by atoms with Crippen LogP contribution in [0.3, 0.4) is 0 Å². The van der Waals surface area contributed by atoms with Crippen LogP contribution in [0.1, 0.15) is 36.2 Å². The third-order valence-corrected chi connectivity index (χ3v) is 3.38. The SMILES string of the molecule is CCC(NCc1ncccc1C)c1cc(F)ccc1F. The van der Waals surface area contributed by atoms with Crippen LogP contribution in [0.4, 0.5) is 8.78 Å². The van der Waals surface area contributed by atoms with Crippen LogP contribution in [0.15, 0.2) is 36.5 Å². The van der Waals surface area contributed by atoms with Crippen molar-refractivity contribution in [3.63, 3.8) is 0 Å². The molecule has 0 saturated heterocycles. The number of hydrogen-bond acceptors (Lipinski definition) is 2. The first-order valence-corrected chi connectivity index (χ1v) is 6.70. The molecule has 20 heavy (non-hydrogen) atoms. The Bertz CT molecular complexity index is 584. The molecule has 106 valence electrons. The van der Waals surface area contributed by atoms with Gasteiger partial charge in [0.05, 0.1) is 5.69 Å². The second kappa shape index (κ2) is 6.57. The van der Waals surface area contributed by atoms with Gasteiger partial charge in [0.1, 0.15) is 11.6 Å². The van der Waals surface area contributed by atoms with Crippen LogP contribution < -0.4 is 5.32 Å². The first-order chi connectivity index (χ1) is 9.61. The van der Waals surface area contributed by atoms with E-state index in [-0.39, 0.29) is 11.9 Å². The molecule has 0 amide bonds. The highest BCUT2D eigenvalue weighted by Gasteiger charge is 2.15. The van der Waals surface area contributed by atoms with Crippen LogP contribution in [-0.2, 0) is 6.54 Å². The number of halogens is 2. The van der Waals surface area contributed by atoms with Crippen molar-refractivity contribution >= 4 is 0 Å². The lowest BCUT2D eigenvalue weighted by atomic mass is 10.0. The molecular formula is C16H18F2N2. The summed E-state index contributed by atoms with van der Waals surface area (Å²) in [5.74, 6) is -0.806. The number of benzene rings is 1. The van der Waals surface area contributed by atoms with Crippen LogP contribution in [-0.4, -0.2) is 4.98 Å². The zero-order valence-electron chi connectivity index (χ0n) is 11.7. The number of aryl methyl sites for hydroxylation is 1. The Labute approximate surface area is 117 Å². The van der Waals surface area contributed by atoms with E-state index in [1.165, 1.54) is 12.1 Å². The van der Waals surface area contributed by atoms with Gasteiger partial charge in [0.2, 0.25) is 0 Å². The van der Waals surface area contributed by atoms with E-state index in [0.717, 1.165) is 17.3 Å². The van der Waals surface area contributed by atoms with Crippen molar-refractivity contribution in [3.8, 4) is 0 Å². The smallest absolute Gasteiger partial charge is 0.128 e. The summed E-state index contributed by atoms with van der Waals surface area (Å²) in [6, 6.07) is 7.18. The molecule has 0 aliphatic carbocycles. The Kier molecular flexibility index (Phi) is 4.79. The van der Waals surface area contributed by atoms with Gasteiger partial charge in [0, 0.05) is 24.3 Å². The molecule has 0 spiro atoms. The lowest BCUT2D eigenvalue weighted by molar-refractivity contribution is 0.478. The molecule has 0 aliphatic heterocycles. The molecule has 1 atom stereocenters. The summed E-state index contributed by atoms with van der Waals surface area (Å²) >= 11 is 0. The first kappa shape index (κ1) is 14.6. The number of nitrogens with one attached hydrogen (secondary N) is 1. The summed E-state index contributed by atoms with van der Waals surface area (Å²) in [7, 11) is 0. The Balaban J connectivity index is 2.13. The van der Waals surface area contributed by atoms with Gasteiger partial charge in [-0.1, -0.05) is 13.0 Å². The van der Waals surface area contributed by atoms with Crippen LogP contribution >= 0.6 is 0 Å². The number of aromatic nitrogens is 1. The molecule has 1 aromatic carbocycles. The third-order valence-electron chi connectivity index (χ3n) is 3.38. The maximum absolute atomic E-state index is 13.8. The Morgan fingerprint density at radius 1 is 1.25 bits per heavy atom. The molecule has 1 aromatic heterocycles. The molecule has 2 nitrogen and oxygen atoms in total. The summed E-state index contributed by atoms with van der Waals surface area (Å²) < 4.78 is 27.1. The molecule has 0 saturated carbocycles. The van der Waals surface area contributed by atoms with Gasteiger partial charge in [0.25, 0.3) is 0 Å². The lowest BCUT2D eigenvalue weighted by Crippen LogP contribution is -2.22. The molecule has 2 rings (SSSR count). The van der Waals surface area contributed by atoms with Gasteiger partial charge in [-0.2, -0.15) is 0 Å². The molecule has 0 aliphatic rings. The van der Waals surface area contributed by atoms with E-state index in [0.29, 0.717) is 18.5 Å². The van der Waals surface area contributed by atoms with E-state index in [1.54, 1.807) is 6.20 Å². The molecule has 1 unspecified atom stereocenters.